The first-order valence-electron chi connectivity index (χ1n) is 7.80. The van der Waals surface area contributed by atoms with E-state index in [2.05, 4.69) is 21.0 Å². The summed E-state index contributed by atoms with van der Waals surface area (Å²) in [6.45, 7) is 4.23. The number of likely N-dealkylation sites (N-methyl/N-ethyl adjacent to an activating group) is 1. The number of amides is 1. The van der Waals surface area contributed by atoms with Crippen LogP contribution < -0.4 is 0 Å². The Morgan fingerprint density at radius 2 is 2.13 bits per heavy atom. The molecule has 2 aromatic heterocycles. The topological polar surface area (TPSA) is 59.2 Å². The van der Waals surface area contributed by atoms with Crippen LogP contribution in [0.15, 0.2) is 12.4 Å². The number of carbonyl (C=O) groups excluding carboxylic acids is 1. The number of hydrogen-bond acceptors (Lipinski definition) is 4. The van der Waals surface area contributed by atoms with Crippen molar-refractivity contribution in [2.24, 2.45) is 14.1 Å². The van der Waals surface area contributed by atoms with Gasteiger partial charge in [0.25, 0.3) is 0 Å². The minimum Gasteiger partial charge on any atom is -0.348 e. The van der Waals surface area contributed by atoms with Crippen molar-refractivity contribution in [3.05, 3.63) is 35.2 Å². The molecular weight excluding hydrogens is 292 g/mol. The van der Waals surface area contributed by atoms with Gasteiger partial charge in [0, 0.05) is 47.8 Å². The molecule has 1 unspecified atom stereocenters. The van der Waals surface area contributed by atoms with Gasteiger partial charge >= 0.3 is 0 Å². The fraction of sp³-hybridized carbons (Fsp3) is 0.562. The zero-order valence-electron chi connectivity index (χ0n) is 14.4. The molecule has 0 bridgehead atoms. The van der Waals surface area contributed by atoms with E-state index in [1.165, 1.54) is 0 Å². The zero-order valence-corrected chi connectivity index (χ0v) is 14.4. The van der Waals surface area contributed by atoms with Crippen LogP contribution in [0.5, 0.6) is 0 Å². The van der Waals surface area contributed by atoms with Crippen molar-refractivity contribution >= 4 is 5.91 Å². The molecule has 1 amide bonds. The first-order chi connectivity index (χ1) is 10.9. The van der Waals surface area contributed by atoms with Crippen LogP contribution in [0.3, 0.4) is 0 Å². The molecule has 0 saturated carbocycles. The Balaban J connectivity index is 1.88. The second-order valence-electron chi connectivity index (χ2n) is 6.54. The Hall–Kier alpha value is -2.15. The molecule has 0 saturated heterocycles. The lowest BCUT2D eigenvalue weighted by Crippen LogP contribution is -2.41. The first-order valence-corrected chi connectivity index (χ1v) is 7.80. The van der Waals surface area contributed by atoms with E-state index in [9.17, 15) is 4.79 Å². The van der Waals surface area contributed by atoms with Gasteiger partial charge in [0.1, 0.15) is 0 Å². The van der Waals surface area contributed by atoms with Gasteiger partial charge in [0.2, 0.25) is 5.91 Å². The highest BCUT2D eigenvalue weighted by Crippen LogP contribution is 2.29. The lowest BCUT2D eigenvalue weighted by atomic mass is 9.96. The Kier molecular flexibility index (Phi) is 3.97. The number of nitrogens with zero attached hydrogens (tertiary/aromatic N) is 6. The van der Waals surface area contributed by atoms with Gasteiger partial charge in [0.05, 0.1) is 35.0 Å². The van der Waals surface area contributed by atoms with E-state index < -0.39 is 0 Å². The molecule has 7 nitrogen and oxygen atoms in total. The van der Waals surface area contributed by atoms with Crippen molar-refractivity contribution in [3.8, 4) is 0 Å². The number of aromatic nitrogens is 4. The van der Waals surface area contributed by atoms with Crippen molar-refractivity contribution in [3.63, 3.8) is 0 Å². The van der Waals surface area contributed by atoms with Crippen LogP contribution in [-0.2, 0) is 32.0 Å². The molecule has 1 atom stereocenters. The molecule has 7 heteroatoms. The van der Waals surface area contributed by atoms with Crippen molar-refractivity contribution in [1.29, 1.82) is 0 Å². The van der Waals surface area contributed by atoms with Crippen LogP contribution in [0.4, 0.5) is 0 Å². The van der Waals surface area contributed by atoms with Crippen molar-refractivity contribution in [2.75, 3.05) is 20.6 Å². The van der Waals surface area contributed by atoms with E-state index in [1.807, 2.05) is 44.4 Å². The summed E-state index contributed by atoms with van der Waals surface area (Å²) in [6.07, 6.45) is 1.80. The summed E-state index contributed by atoms with van der Waals surface area (Å²) in [5.74, 6) is -0.0451. The molecule has 0 spiro atoms. The maximum Gasteiger partial charge on any atom is 0.232 e. The van der Waals surface area contributed by atoms with Crippen LogP contribution in [0.25, 0.3) is 0 Å². The zero-order chi connectivity index (χ0) is 16.7. The lowest BCUT2D eigenvalue weighted by Gasteiger charge is -2.33. The normalized spacial score (nSPS) is 18.0. The molecule has 0 N–H and O–H groups in total. The van der Waals surface area contributed by atoms with E-state index in [-0.39, 0.29) is 11.8 Å². The molecule has 1 aliphatic heterocycles. The standard InChI is InChI=1S/C16H24N6O/c1-11-6-12(21(5)18-11)7-22-8-13(16(23)19(2)3)15-14(9-22)17-10-20(15)4/h6,10,13H,7-9H2,1-5H3. The Morgan fingerprint density at radius 1 is 1.39 bits per heavy atom. The summed E-state index contributed by atoms with van der Waals surface area (Å²) in [7, 11) is 7.53. The molecule has 0 aliphatic carbocycles. The quantitative estimate of drug-likeness (QED) is 0.834. The summed E-state index contributed by atoms with van der Waals surface area (Å²) in [5.41, 5.74) is 4.20. The molecule has 23 heavy (non-hydrogen) atoms. The number of aryl methyl sites for hydroxylation is 3. The predicted molar refractivity (Wildman–Crippen MR) is 86.7 cm³/mol. The van der Waals surface area contributed by atoms with Crippen LogP contribution in [0.2, 0.25) is 0 Å². The largest absolute Gasteiger partial charge is 0.348 e. The fourth-order valence-electron chi connectivity index (χ4n) is 3.35. The molecule has 0 aromatic carbocycles. The lowest BCUT2D eigenvalue weighted by molar-refractivity contribution is -0.131. The van der Waals surface area contributed by atoms with Gasteiger partial charge in [-0.05, 0) is 13.0 Å². The van der Waals surface area contributed by atoms with Crippen LogP contribution in [0, 0.1) is 6.92 Å². The van der Waals surface area contributed by atoms with Crippen molar-refractivity contribution in [1.82, 2.24) is 29.1 Å². The number of imidazole rings is 1. The molecule has 0 radical (unpaired) electrons. The minimum atomic E-state index is -0.171. The van der Waals surface area contributed by atoms with Crippen LogP contribution >= 0.6 is 0 Å². The number of carbonyl (C=O) groups is 1. The van der Waals surface area contributed by atoms with E-state index >= 15 is 0 Å². The third kappa shape index (κ3) is 2.88. The Labute approximate surface area is 136 Å². The van der Waals surface area contributed by atoms with Gasteiger partial charge in [-0.15, -0.1) is 0 Å². The Morgan fingerprint density at radius 3 is 2.74 bits per heavy atom. The van der Waals surface area contributed by atoms with E-state index in [0.717, 1.165) is 35.9 Å². The van der Waals surface area contributed by atoms with E-state index in [1.54, 1.807) is 11.2 Å². The average molecular weight is 316 g/mol. The van der Waals surface area contributed by atoms with Gasteiger partial charge in [-0.3, -0.25) is 14.4 Å². The third-order valence-corrected chi connectivity index (χ3v) is 4.43. The SMILES string of the molecule is Cc1cc(CN2Cc3ncn(C)c3C(C(=O)N(C)C)C2)n(C)n1. The van der Waals surface area contributed by atoms with E-state index in [4.69, 9.17) is 0 Å². The van der Waals surface area contributed by atoms with Gasteiger partial charge in [0.15, 0.2) is 0 Å². The number of fused-ring (bicyclic) bond motifs is 1. The minimum absolute atomic E-state index is 0.126. The monoisotopic (exact) mass is 316 g/mol. The number of rotatable bonds is 3. The second kappa shape index (κ2) is 5.81. The highest BCUT2D eigenvalue weighted by atomic mass is 16.2. The molecular formula is C16H24N6O. The molecule has 3 rings (SSSR count). The summed E-state index contributed by atoms with van der Waals surface area (Å²) in [6, 6.07) is 2.09. The maximum atomic E-state index is 12.6. The Bertz CT molecular complexity index is 729. The molecule has 3 heterocycles. The highest BCUT2D eigenvalue weighted by Gasteiger charge is 2.34. The molecule has 1 aliphatic rings. The van der Waals surface area contributed by atoms with Crippen LogP contribution in [-0.4, -0.2) is 55.7 Å². The first kappa shape index (κ1) is 15.7. The summed E-state index contributed by atoms with van der Waals surface area (Å²) < 4.78 is 3.89. The third-order valence-electron chi connectivity index (χ3n) is 4.43. The van der Waals surface area contributed by atoms with Gasteiger partial charge in [-0.2, -0.15) is 5.10 Å². The van der Waals surface area contributed by atoms with Crippen molar-refractivity contribution < 1.29 is 4.79 Å². The summed E-state index contributed by atoms with van der Waals surface area (Å²) in [5, 5.41) is 4.40. The summed E-state index contributed by atoms with van der Waals surface area (Å²) in [4.78, 5) is 21.1. The smallest absolute Gasteiger partial charge is 0.232 e. The van der Waals surface area contributed by atoms with Gasteiger partial charge in [-0.25, -0.2) is 4.98 Å². The maximum absolute atomic E-state index is 12.6. The van der Waals surface area contributed by atoms with Crippen molar-refractivity contribution in [2.45, 2.75) is 25.9 Å². The van der Waals surface area contributed by atoms with Gasteiger partial charge in [-0.1, -0.05) is 0 Å². The predicted octanol–water partition coefficient (Wildman–Crippen LogP) is 0.650. The second-order valence-corrected chi connectivity index (χ2v) is 6.54. The molecule has 2 aromatic rings. The molecule has 0 fully saturated rings. The average Bonchev–Trinajstić information content (AvgIpc) is 3.00. The molecule has 124 valence electrons. The van der Waals surface area contributed by atoms with Gasteiger partial charge < -0.3 is 9.47 Å². The fourth-order valence-corrected chi connectivity index (χ4v) is 3.35. The van der Waals surface area contributed by atoms with E-state index in [0.29, 0.717) is 6.54 Å². The number of hydrogen-bond donors (Lipinski definition) is 0. The summed E-state index contributed by atoms with van der Waals surface area (Å²) >= 11 is 0. The van der Waals surface area contributed by atoms with Crippen LogP contribution in [0.1, 0.15) is 28.7 Å². The highest BCUT2D eigenvalue weighted by molar-refractivity contribution is 5.83.